The van der Waals surface area contributed by atoms with E-state index >= 15 is 0 Å². The van der Waals surface area contributed by atoms with Crippen molar-refractivity contribution in [3.8, 4) is 0 Å². The molecule has 0 spiro atoms. The van der Waals surface area contributed by atoms with Crippen molar-refractivity contribution in [2.75, 3.05) is 20.8 Å². The van der Waals surface area contributed by atoms with Gasteiger partial charge in [-0.3, -0.25) is 0 Å². The summed E-state index contributed by atoms with van der Waals surface area (Å²) >= 11 is 0. The summed E-state index contributed by atoms with van der Waals surface area (Å²) in [6, 6.07) is 4.83. The average Bonchev–Trinajstić information content (AvgIpc) is 2.43. The predicted molar refractivity (Wildman–Crippen MR) is 64.5 cm³/mol. The van der Waals surface area contributed by atoms with Crippen molar-refractivity contribution >= 4 is 11.9 Å². The molecule has 0 heterocycles. The zero-order valence-electron chi connectivity index (χ0n) is 10.7. The van der Waals surface area contributed by atoms with Gasteiger partial charge in [0.05, 0.1) is 32.0 Å². The molecule has 0 aliphatic heterocycles. The van der Waals surface area contributed by atoms with Gasteiger partial charge in [0.2, 0.25) is 0 Å². The topological polar surface area (TPSA) is 61.8 Å². The molecule has 1 aromatic carbocycles. The molecule has 0 saturated carbocycles. The first-order chi connectivity index (χ1) is 8.63. The van der Waals surface area contributed by atoms with E-state index in [9.17, 15) is 9.59 Å². The maximum absolute atomic E-state index is 11.6. The molecule has 0 radical (unpaired) electrons. The molecule has 0 aromatic heterocycles. The van der Waals surface area contributed by atoms with Crippen molar-refractivity contribution in [2.45, 2.75) is 13.5 Å². The van der Waals surface area contributed by atoms with Gasteiger partial charge in [-0.25, -0.2) is 9.59 Å². The molecule has 1 aromatic rings. The van der Waals surface area contributed by atoms with Gasteiger partial charge in [-0.2, -0.15) is 0 Å². The minimum Gasteiger partial charge on any atom is -0.465 e. The van der Waals surface area contributed by atoms with E-state index in [-0.39, 0.29) is 11.1 Å². The normalized spacial score (nSPS) is 9.94. The number of methoxy groups -OCH3 is 2. The molecule has 0 unspecified atom stereocenters. The molecule has 0 atom stereocenters. The molecule has 0 N–H and O–H groups in total. The van der Waals surface area contributed by atoms with Crippen molar-refractivity contribution in [2.24, 2.45) is 0 Å². The summed E-state index contributed by atoms with van der Waals surface area (Å²) in [5, 5.41) is 0. The Bertz CT molecular complexity index is 439. The van der Waals surface area contributed by atoms with Crippen LogP contribution >= 0.6 is 0 Å². The Labute approximate surface area is 106 Å². The van der Waals surface area contributed by atoms with Crippen molar-refractivity contribution in [1.29, 1.82) is 0 Å². The summed E-state index contributed by atoms with van der Waals surface area (Å²) in [7, 11) is 2.52. The first-order valence-corrected chi connectivity index (χ1v) is 5.51. The second-order valence-corrected chi connectivity index (χ2v) is 3.50. The second kappa shape index (κ2) is 6.76. The van der Waals surface area contributed by atoms with E-state index in [4.69, 9.17) is 4.74 Å². The molecule has 0 fully saturated rings. The fraction of sp³-hybridized carbons (Fsp3) is 0.385. The van der Waals surface area contributed by atoms with Crippen molar-refractivity contribution in [1.82, 2.24) is 0 Å². The van der Waals surface area contributed by atoms with Crippen LogP contribution in [0.15, 0.2) is 18.2 Å². The molecule has 0 amide bonds. The highest BCUT2D eigenvalue weighted by Gasteiger charge is 2.18. The van der Waals surface area contributed by atoms with Crippen LogP contribution in [0.1, 0.15) is 33.2 Å². The SMILES string of the molecule is CCOCc1ccc(C(=O)OC)c(C(=O)OC)c1. The number of hydrogen-bond acceptors (Lipinski definition) is 5. The lowest BCUT2D eigenvalue weighted by molar-refractivity contribution is 0.0554. The van der Waals surface area contributed by atoms with Crippen LogP contribution in [-0.2, 0) is 20.8 Å². The number of ether oxygens (including phenoxy) is 3. The van der Waals surface area contributed by atoms with Gasteiger partial charge in [0.1, 0.15) is 0 Å². The molecular formula is C13H16O5. The highest BCUT2D eigenvalue weighted by Crippen LogP contribution is 2.15. The van der Waals surface area contributed by atoms with Crippen LogP contribution in [0.25, 0.3) is 0 Å². The Morgan fingerprint density at radius 3 is 2.22 bits per heavy atom. The molecule has 5 heteroatoms. The highest BCUT2D eigenvalue weighted by molar-refractivity contribution is 6.03. The smallest absolute Gasteiger partial charge is 0.338 e. The molecule has 5 nitrogen and oxygen atoms in total. The van der Waals surface area contributed by atoms with Crippen LogP contribution in [0, 0.1) is 0 Å². The standard InChI is InChI=1S/C13H16O5/c1-4-18-8-9-5-6-10(12(14)16-2)11(7-9)13(15)17-3/h5-7H,4,8H2,1-3H3. The summed E-state index contributed by atoms with van der Waals surface area (Å²) in [5.74, 6) is -1.15. The summed E-state index contributed by atoms with van der Waals surface area (Å²) < 4.78 is 14.5. The van der Waals surface area contributed by atoms with Gasteiger partial charge < -0.3 is 14.2 Å². The van der Waals surface area contributed by atoms with Crippen LogP contribution in [0.2, 0.25) is 0 Å². The van der Waals surface area contributed by atoms with Gasteiger partial charge in [-0.15, -0.1) is 0 Å². The summed E-state index contributed by atoms with van der Waals surface area (Å²) in [4.78, 5) is 23.1. The first kappa shape index (κ1) is 14.2. The molecule has 0 aliphatic carbocycles. The van der Waals surface area contributed by atoms with E-state index in [1.165, 1.54) is 20.3 Å². The highest BCUT2D eigenvalue weighted by atomic mass is 16.5. The third-order valence-corrected chi connectivity index (χ3v) is 2.37. The van der Waals surface area contributed by atoms with Gasteiger partial charge in [0, 0.05) is 6.61 Å². The van der Waals surface area contributed by atoms with Crippen molar-refractivity contribution in [3.05, 3.63) is 34.9 Å². The summed E-state index contributed by atoms with van der Waals surface area (Å²) in [5.41, 5.74) is 1.16. The minimum absolute atomic E-state index is 0.182. The molecule has 0 bridgehead atoms. The summed E-state index contributed by atoms with van der Waals surface area (Å²) in [6.45, 7) is 2.83. The van der Waals surface area contributed by atoms with Gasteiger partial charge >= 0.3 is 11.9 Å². The Balaban J connectivity index is 3.12. The van der Waals surface area contributed by atoms with Crippen LogP contribution in [0.5, 0.6) is 0 Å². The molecule has 98 valence electrons. The molecule has 18 heavy (non-hydrogen) atoms. The Hall–Kier alpha value is -1.88. The number of rotatable bonds is 5. The van der Waals surface area contributed by atoms with Crippen LogP contribution < -0.4 is 0 Å². The predicted octanol–water partition coefficient (Wildman–Crippen LogP) is 1.80. The number of hydrogen-bond donors (Lipinski definition) is 0. The zero-order chi connectivity index (χ0) is 13.5. The van der Waals surface area contributed by atoms with Gasteiger partial charge in [-0.05, 0) is 24.6 Å². The maximum Gasteiger partial charge on any atom is 0.338 e. The van der Waals surface area contributed by atoms with Crippen molar-refractivity contribution < 1.29 is 23.8 Å². The maximum atomic E-state index is 11.6. The number of esters is 2. The largest absolute Gasteiger partial charge is 0.465 e. The van der Waals surface area contributed by atoms with Gasteiger partial charge in [-0.1, -0.05) is 6.07 Å². The quantitative estimate of drug-likeness (QED) is 0.748. The Morgan fingerprint density at radius 2 is 1.67 bits per heavy atom. The third-order valence-electron chi connectivity index (χ3n) is 2.37. The van der Waals surface area contributed by atoms with E-state index < -0.39 is 11.9 Å². The number of carbonyl (C=O) groups is 2. The zero-order valence-corrected chi connectivity index (χ0v) is 10.7. The minimum atomic E-state index is -0.575. The van der Waals surface area contributed by atoms with Crippen LogP contribution in [-0.4, -0.2) is 32.8 Å². The Kier molecular flexibility index (Phi) is 5.32. The van der Waals surface area contributed by atoms with Gasteiger partial charge in [0.25, 0.3) is 0 Å². The third kappa shape index (κ3) is 3.30. The lowest BCUT2D eigenvalue weighted by Crippen LogP contribution is -2.12. The molecule has 0 aliphatic rings. The van der Waals surface area contributed by atoms with Gasteiger partial charge in [0.15, 0.2) is 0 Å². The summed E-state index contributed by atoms with van der Waals surface area (Å²) in [6.07, 6.45) is 0. The fourth-order valence-electron chi connectivity index (χ4n) is 1.47. The lowest BCUT2D eigenvalue weighted by atomic mass is 10.0. The number of benzene rings is 1. The first-order valence-electron chi connectivity index (χ1n) is 5.51. The number of carbonyl (C=O) groups excluding carboxylic acids is 2. The van der Waals surface area contributed by atoms with E-state index in [0.717, 1.165) is 5.56 Å². The van der Waals surface area contributed by atoms with E-state index in [0.29, 0.717) is 13.2 Å². The molecular weight excluding hydrogens is 236 g/mol. The van der Waals surface area contributed by atoms with Crippen LogP contribution in [0.4, 0.5) is 0 Å². The lowest BCUT2D eigenvalue weighted by Gasteiger charge is -2.09. The van der Waals surface area contributed by atoms with E-state index in [2.05, 4.69) is 9.47 Å². The second-order valence-electron chi connectivity index (χ2n) is 3.50. The van der Waals surface area contributed by atoms with E-state index in [1.807, 2.05) is 6.92 Å². The fourth-order valence-corrected chi connectivity index (χ4v) is 1.47. The van der Waals surface area contributed by atoms with Crippen molar-refractivity contribution in [3.63, 3.8) is 0 Å². The molecule has 1 rings (SSSR count). The Morgan fingerprint density at radius 1 is 1.06 bits per heavy atom. The molecule has 0 saturated heterocycles. The van der Waals surface area contributed by atoms with Crippen LogP contribution in [0.3, 0.4) is 0 Å². The average molecular weight is 252 g/mol. The van der Waals surface area contributed by atoms with E-state index in [1.54, 1.807) is 12.1 Å². The monoisotopic (exact) mass is 252 g/mol.